The van der Waals surface area contributed by atoms with Crippen molar-refractivity contribution in [1.29, 1.82) is 0 Å². The third kappa shape index (κ3) is 2.21. The first-order chi connectivity index (χ1) is 9.66. The van der Waals surface area contributed by atoms with Gasteiger partial charge in [0.2, 0.25) is 5.91 Å². The molecule has 20 heavy (non-hydrogen) atoms. The number of nitrogens with one attached hydrogen (secondary N) is 1. The second kappa shape index (κ2) is 5.11. The maximum Gasteiger partial charge on any atom is 0.307 e. The van der Waals surface area contributed by atoms with Crippen molar-refractivity contribution in [1.82, 2.24) is 15.1 Å². The Morgan fingerprint density at radius 3 is 2.70 bits per heavy atom. The molecule has 1 fully saturated rings. The van der Waals surface area contributed by atoms with Crippen molar-refractivity contribution in [2.24, 2.45) is 23.7 Å². The topological polar surface area (TPSA) is 84.2 Å². The van der Waals surface area contributed by atoms with Gasteiger partial charge < -0.3 is 10.4 Å². The van der Waals surface area contributed by atoms with Gasteiger partial charge in [-0.3, -0.25) is 14.3 Å². The summed E-state index contributed by atoms with van der Waals surface area (Å²) < 4.78 is 1.73. The summed E-state index contributed by atoms with van der Waals surface area (Å²) in [7, 11) is 0. The van der Waals surface area contributed by atoms with E-state index in [9.17, 15) is 14.7 Å². The normalized spacial score (nSPS) is 30.6. The highest BCUT2D eigenvalue weighted by Gasteiger charge is 2.51. The van der Waals surface area contributed by atoms with Gasteiger partial charge in [-0.2, -0.15) is 5.10 Å². The van der Waals surface area contributed by atoms with Gasteiger partial charge in [0.25, 0.3) is 0 Å². The van der Waals surface area contributed by atoms with Crippen LogP contribution < -0.4 is 5.32 Å². The van der Waals surface area contributed by atoms with E-state index < -0.39 is 17.8 Å². The van der Waals surface area contributed by atoms with E-state index in [2.05, 4.69) is 10.4 Å². The van der Waals surface area contributed by atoms with Gasteiger partial charge in [0.05, 0.1) is 18.4 Å². The molecule has 4 atom stereocenters. The van der Waals surface area contributed by atoms with Crippen molar-refractivity contribution in [3.63, 3.8) is 0 Å². The third-order valence-corrected chi connectivity index (χ3v) is 4.25. The number of carbonyl (C=O) groups excluding carboxylic acids is 1. The quantitative estimate of drug-likeness (QED) is 0.767. The molecule has 0 aromatic carbocycles. The Bertz CT molecular complexity index is 538. The number of aromatic nitrogens is 2. The van der Waals surface area contributed by atoms with Crippen LogP contribution in [0.15, 0.2) is 30.6 Å². The molecule has 4 unspecified atom stereocenters. The molecule has 6 heteroatoms. The average Bonchev–Trinajstić information content (AvgIpc) is 3.13. The molecule has 2 bridgehead atoms. The molecule has 1 aromatic rings. The zero-order valence-electron chi connectivity index (χ0n) is 11.0. The van der Waals surface area contributed by atoms with Gasteiger partial charge in [-0.15, -0.1) is 0 Å². The summed E-state index contributed by atoms with van der Waals surface area (Å²) in [5.41, 5.74) is 0. The van der Waals surface area contributed by atoms with Crippen LogP contribution in [0.2, 0.25) is 0 Å². The summed E-state index contributed by atoms with van der Waals surface area (Å²) in [6.07, 6.45) is 8.22. The predicted octanol–water partition coefficient (Wildman–Crippen LogP) is 0.522. The monoisotopic (exact) mass is 275 g/mol. The van der Waals surface area contributed by atoms with Crippen molar-refractivity contribution in [2.75, 3.05) is 6.54 Å². The Labute approximate surface area is 116 Å². The fourth-order valence-corrected chi connectivity index (χ4v) is 3.36. The number of aliphatic carboxylic acids is 1. The number of nitrogens with zero attached hydrogens (tertiary/aromatic N) is 2. The molecule has 1 heterocycles. The number of rotatable bonds is 5. The second-order valence-corrected chi connectivity index (χ2v) is 5.40. The van der Waals surface area contributed by atoms with Crippen LogP contribution in [0.25, 0.3) is 0 Å². The summed E-state index contributed by atoms with van der Waals surface area (Å²) >= 11 is 0. The van der Waals surface area contributed by atoms with Crippen LogP contribution in [0, 0.1) is 23.7 Å². The van der Waals surface area contributed by atoms with Crippen molar-refractivity contribution in [2.45, 2.75) is 13.0 Å². The van der Waals surface area contributed by atoms with Gasteiger partial charge in [-0.25, -0.2) is 0 Å². The molecule has 0 spiro atoms. The smallest absolute Gasteiger partial charge is 0.307 e. The van der Waals surface area contributed by atoms with E-state index in [-0.39, 0.29) is 17.7 Å². The Morgan fingerprint density at radius 2 is 2.05 bits per heavy atom. The first-order valence-corrected chi connectivity index (χ1v) is 6.83. The van der Waals surface area contributed by atoms with E-state index in [0.29, 0.717) is 13.1 Å². The lowest BCUT2D eigenvalue weighted by Gasteiger charge is -2.23. The molecule has 2 N–H and O–H groups in total. The molecule has 6 nitrogen and oxygen atoms in total. The standard InChI is InChI=1S/C14H17N3O3/c18-13(15-5-7-17-6-1-4-16-17)11-9-2-3-10(8-9)12(11)14(19)20/h1-4,6,9-12H,5,7-8H2,(H,15,18)(H,19,20). The van der Waals surface area contributed by atoms with E-state index in [1.165, 1.54) is 0 Å². The Kier molecular flexibility index (Phi) is 3.30. The third-order valence-electron chi connectivity index (χ3n) is 4.25. The molecular weight excluding hydrogens is 258 g/mol. The molecule has 1 saturated carbocycles. The Morgan fingerprint density at radius 1 is 1.30 bits per heavy atom. The van der Waals surface area contributed by atoms with Gasteiger partial charge in [0, 0.05) is 18.9 Å². The maximum atomic E-state index is 12.2. The highest BCUT2D eigenvalue weighted by atomic mass is 16.4. The fraction of sp³-hybridized carbons (Fsp3) is 0.500. The van der Waals surface area contributed by atoms with E-state index >= 15 is 0 Å². The number of carboxylic acid groups (broad SMARTS) is 1. The summed E-state index contributed by atoms with van der Waals surface area (Å²) in [6.45, 7) is 1.05. The van der Waals surface area contributed by atoms with Gasteiger partial charge >= 0.3 is 5.97 Å². The van der Waals surface area contributed by atoms with Crippen LogP contribution in [0.4, 0.5) is 0 Å². The minimum atomic E-state index is -0.867. The van der Waals surface area contributed by atoms with Crippen LogP contribution >= 0.6 is 0 Å². The zero-order chi connectivity index (χ0) is 14.1. The second-order valence-electron chi connectivity index (χ2n) is 5.40. The Hall–Kier alpha value is -2.11. The van der Waals surface area contributed by atoms with Gasteiger partial charge in [0.15, 0.2) is 0 Å². The summed E-state index contributed by atoms with van der Waals surface area (Å²) in [5.74, 6) is -1.93. The Balaban J connectivity index is 1.59. The molecular formula is C14H17N3O3. The minimum Gasteiger partial charge on any atom is -0.481 e. The fourth-order valence-electron chi connectivity index (χ4n) is 3.36. The summed E-state index contributed by atoms with van der Waals surface area (Å²) in [4.78, 5) is 23.6. The van der Waals surface area contributed by atoms with Crippen molar-refractivity contribution in [3.8, 4) is 0 Å². The lowest BCUT2D eigenvalue weighted by Crippen LogP contribution is -2.41. The molecule has 3 rings (SSSR count). The number of carbonyl (C=O) groups is 2. The number of hydrogen-bond donors (Lipinski definition) is 2. The molecule has 1 aromatic heterocycles. The van der Waals surface area contributed by atoms with Gasteiger partial charge in [-0.1, -0.05) is 12.2 Å². The van der Waals surface area contributed by atoms with Crippen LogP contribution in [0.1, 0.15) is 6.42 Å². The van der Waals surface area contributed by atoms with Crippen LogP contribution in [-0.4, -0.2) is 33.3 Å². The lowest BCUT2D eigenvalue weighted by atomic mass is 9.82. The molecule has 0 saturated heterocycles. The minimum absolute atomic E-state index is 0.0133. The SMILES string of the molecule is O=C(O)C1C2C=CC(C2)C1C(=O)NCCn1cccn1. The van der Waals surface area contributed by atoms with Crippen molar-refractivity contribution in [3.05, 3.63) is 30.6 Å². The van der Waals surface area contributed by atoms with Gasteiger partial charge in [0.1, 0.15) is 0 Å². The van der Waals surface area contributed by atoms with Crippen LogP contribution in [-0.2, 0) is 16.1 Å². The number of fused-ring (bicyclic) bond motifs is 2. The first-order valence-electron chi connectivity index (χ1n) is 6.83. The highest BCUT2D eigenvalue weighted by Crippen LogP contribution is 2.48. The maximum absolute atomic E-state index is 12.2. The van der Waals surface area contributed by atoms with Crippen molar-refractivity contribution < 1.29 is 14.7 Å². The molecule has 2 aliphatic carbocycles. The number of allylic oxidation sites excluding steroid dienone is 2. The van der Waals surface area contributed by atoms with Crippen LogP contribution in [0.5, 0.6) is 0 Å². The predicted molar refractivity (Wildman–Crippen MR) is 70.6 cm³/mol. The van der Waals surface area contributed by atoms with Crippen molar-refractivity contribution >= 4 is 11.9 Å². The molecule has 0 aliphatic heterocycles. The average molecular weight is 275 g/mol. The highest BCUT2D eigenvalue weighted by molar-refractivity contribution is 5.86. The molecule has 106 valence electrons. The number of amides is 1. The van der Waals surface area contributed by atoms with Crippen LogP contribution in [0.3, 0.4) is 0 Å². The summed E-state index contributed by atoms with van der Waals surface area (Å²) in [5, 5.41) is 16.2. The summed E-state index contributed by atoms with van der Waals surface area (Å²) in [6, 6.07) is 1.82. The molecule has 1 amide bonds. The number of carboxylic acids is 1. The molecule has 0 radical (unpaired) electrons. The van der Waals surface area contributed by atoms with E-state index in [4.69, 9.17) is 0 Å². The molecule has 2 aliphatic rings. The van der Waals surface area contributed by atoms with E-state index in [1.807, 2.05) is 24.4 Å². The van der Waals surface area contributed by atoms with E-state index in [1.54, 1.807) is 10.9 Å². The number of hydrogen-bond acceptors (Lipinski definition) is 3. The lowest BCUT2D eigenvalue weighted by molar-refractivity contribution is -0.147. The first kappa shape index (κ1) is 12.9. The zero-order valence-corrected chi connectivity index (χ0v) is 11.0. The van der Waals surface area contributed by atoms with E-state index in [0.717, 1.165) is 6.42 Å². The van der Waals surface area contributed by atoms with Gasteiger partial charge in [-0.05, 0) is 24.3 Å². The largest absolute Gasteiger partial charge is 0.481 e.